The van der Waals surface area contributed by atoms with Crippen LogP contribution in [0.2, 0.25) is 0 Å². The van der Waals surface area contributed by atoms with Crippen molar-refractivity contribution in [3.8, 4) is 90.0 Å². The predicted octanol–water partition coefficient (Wildman–Crippen LogP) is 18.2. The van der Waals surface area contributed by atoms with Crippen LogP contribution in [0, 0.1) is 0 Å². The molecular formula is C72H48BBrN2O4. The molecule has 2 aliphatic heterocycles. The molecule has 0 aliphatic carbocycles. The Morgan fingerprint density at radius 1 is 0.287 bits per heavy atom. The molecule has 14 aromatic rings. The van der Waals surface area contributed by atoms with E-state index in [4.69, 9.17) is 9.47 Å². The normalized spacial score (nSPS) is 11.6. The summed E-state index contributed by atoms with van der Waals surface area (Å²) in [4.78, 5) is 0. The molecule has 2 aromatic heterocycles. The average Bonchev–Trinajstić information content (AvgIpc) is 4.18. The first-order valence-corrected chi connectivity index (χ1v) is 27.4. The SMILES string of the molecule is Brc1ccc2c(c1)-c1ccccc1-c1ccccc1O2.OB(O)c1ccc2c(c1)c1ccccc1n2-c1ccccc1.c1ccc(-n2c3ccccc3c3cc(-c4ccc5c(c4)-c4ccccc4-c4ccccc4O5)ccc32)cc1. The molecule has 80 heavy (non-hydrogen) atoms. The second-order valence-corrected chi connectivity index (χ2v) is 20.8. The van der Waals surface area contributed by atoms with E-state index in [-0.39, 0.29) is 0 Å². The molecule has 0 radical (unpaired) electrons. The Kier molecular flexibility index (Phi) is 12.5. The van der Waals surface area contributed by atoms with Crippen molar-refractivity contribution < 1.29 is 19.5 Å². The summed E-state index contributed by atoms with van der Waals surface area (Å²) in [6.45, 7) is 0. The average molecular weight is 1100 g/mol. The number of hydrogen-bond donors (Lipinski definition) is 2. The number of benzene rings is 12. The third kappa shape index (κ3) is 8.73. The maximum Gasteiger partial charge on any atom is 0.488 e. The summed E-state index contributed by atoms with van der Waals surface area (Å²) in [7, 11) is -1.46. The van der Waals surface area contributed by atoms with Gasteiger partial charge in [-0.15, -0.1) is 0 Å². The summed E-state index contributed by atoms with van der Waals surface area (Å²) < 4.78 is 18.2. The van der Waals surface area contributed by atoms with Gasteiger partial charge in [0.1, 0.15) is 23.0 Å². The Bertz CT molecular complexity index is 4660. The molecule has 0 unspecified atom stereocenters. The van der Waals surface area contributed by atoms with Gasteiger partial charge in [-0.05, 0) is 136 Å². The van der Waals surface area contributed by atoms with Crippen LogP contribution in [0.25, 0.3) is 111 Å². The fourth-order valence-corrected chi connectivity index (χ4v) is 11.9. The number of fused-ring (bicyclic) bond motifs is 16. The van der Waals surface area contributed by atoms with E-state index in [2.05, 4.69) is 213 Å². The summed E-state index contributed by atoms with van der Waals surface area (Å²) in [5.41, 5.74) is 19.0. The summed E-state index contributed by atoms with van der Waals surface area (Å²) in [6, 6.07) is 96.1. The lowest BCUT2D eigenvalue weighted by Gasteiger charge is -2.12. The van der Waals surface area contributed by atoms with E-state index < -0.39 is 7.12 Å². The molecule has 0 saturated heterocycles. The second-order valence-electron chi connectivity index (χ2n) is 19.9. The van der Waals surface area contributed by atoms with Crippen LogP contribution in [0.4, 0.5) is 0 Å². The first kappa shape index (κ1) is 48.7. The van der Waals surface area contributed by atoms with E-state index in [0.29, 0.717) is 5.46 Å². The van der Waals surface area contributed by atoms with E-state index >= 15 is 0 Å². The lowest BCUT2D eigenvalue weighted by molar-refractivity contribution is 0.426. The van der Waals surface area contributed by atoms with Crippen molar-refractivity contribution in [3.05, 3.63) is 284 Å². The van der Waals surface area contributed by atoms with Gasteiger partial charge in [0.2, 0.25) is 0 Å². The van der Waals surface area contributed by atoms with Gasteiger partial charge in [-0.3, -0.25) is 0 Å². The minimum Gasteiger partial charge on any atom is -0.456 e. The van der Waals surface area contributed by atoms with Gasteiger partial charge in [-0.1, -0.05) is 198 Å². The lowest BCUT2D eigenvalue weighted by Crippen LogP contribution is -2.29. The number of aromatic nitrogens is 2. The zero-order chi connectivity index (χ0) is 53.7. The van der Waals surface area contributed by atoms with Gasteiger partial charge in [0.05, 0.1) is 22.1 Å². The minimum absolute atomic E-state index is 0.503. The van der Waals surface area contributed by atoms with Gasteiger partial charge in [0, 0.05) is 59.6 Å². The molecule has 12 aromatic carbocycles. The third-order valence-corrected chi connectivity index (χ3v) is 15.7. The van der Waals surface area contributed by atoms with Gasteiger partial charge in [0.25, 0.3) is 0 Å². The molecule has 0 bridgehead atoms. The van der Waals surface area contributed by atoms with Crippen molar-refractivity contribution in [1.29, 1.82) is 0 Å². The number of para-hydroxylation sites is 6. The number of halogens is 1. The smallest absolute Gasteiger partial charge is 0.456 e. The summed E-state index contributed by atoms with van der Waals surface area (Å²) in [5.74, 6) is 3.57. The molecule has 0 saturated carbocycles. The standard InChI is InChI=1S/C36H23NO.C18H14BNO2.C18H11BrO/c1-2-10-26(11-3-1)37-33-16-8-6-14-29(33)31-22-24(18-20-34(31)37)25-19-21-36-32(23-25)28-13-5-4-12-27(28)30-15-7-9-17-35(30)38-36;21-19(22)13-10-11-18-16(12-13)15-8-4-5-9-17(15)20(18)14-6-2-1-3-7-14;19-12-9-10-18-16(11-12)14-6-2-1-5-13(14)15-7-3-4-8-17(15)20-18/h1-23H;1-12,21-22H;1-11H. The van der Waals surface area contributed by atoms with Crippen LogP contribution in [-0.2, 0) is 0 Å². The Morgan fingerprint density at radius 3 is 1.20 bits per heavy atom. The number of hydrogen-bond acceptors (Lipinski definition) is 4. The van der Waals surface area contributed by atoms with Gasteiger partial charge in [-0.25, -0.2) is 0 Å². The highest BCUT2D eigenvalue weighted by molar-refractivity contribution is 9.10. The largest absolute Gasteiger partial charge is 0.488 e. The Balaban J connectivity index is 0.000000117. The maximum absolute atomic E-state index is 9.43. The molecule has 2 aliphatic rings. The first-order chi connectivity index (χ1) is 39.4. The number of ether oxygens (including phenoxy) is 2. The van der Waals surface area contributed by atoms with Crippen molar-refractivity contribution >= 4 is 72.1 Å². The van der Waals surface area contributed by atoms with Crippen molar-refractivity contribution in [3.63, 3.8) is 0 Å². The van der Waals surface area contributed by atoms with E-state index in [1.165, 1.54) is 60.9 Å². The van der Waals surface area contributed by atoms with Crippen molar-refractivity contribution in [2.24, 2.45) is 0 Å². The van der Waals surface area contributed by atoms with Gasteiger partial charge < -0.3 is 28.7 Å². The van der Waals surface area contributed by atoms with Gasteiger partial charge in [-0.2, -0.15) is 0 Å². The van der Waals surface area contributed by atoms with Crippen LogP contribution in [0.15, 0.2) is 284 Å². The van der Waals surface area contributed by atoms with Crippen LogP contribution in [0.5, 0.6) is 23.0 Å². The van der Waals surface area contributed by atoms with E-state index in [9.17, 15) is 10.0 Å². The van der Waals surface area contributed by atoms with Crippen LogP contribution < -0.4 is 14.9 Å². The molecule has 2 N–H and O–H groups in total. The fraction of sp³-hybridized carbons (Fsp3) is 0. The molecule has 0 fully saturated rings. The molecule has 0 spiro atoms. The Labute approximate surface area is 471 Å². The number of nitrogens with zero attached hydrogens (tertiary/aromatic N) is 2. The maximum atomic E-state index is 9.43. The van der Waals surface area contributed by atoms with Gasteiger partial charge in [0.15, 0.2) is 0 Å². The van der Waals surface area contributed by atoms with Crippen molar-refractivity contribution in [1.82, 2.24) is 9.13 Å². The molecular weight excluding hydrogens is 1050 g/mol. The van der Waals surface area contributed by atoms with Crippen molar-refractivity contribution in [2.45, 2.75) is 0 Å². The molecule has 8 heteroatoms. The number of rotatable bonds is 4. The molecule has 16 rings (SSSR count). The lowest BCUT2D eigenvalue weighted by atomic mass is 9.80. The molecule has 380 valence electrons. The zero-order valence-electron chi connectivity index (χ0n) is 43.1. The van der Waals surface area contributed by atoms with Crippen LogP contribution in [0.1, 0.15) is 0 Å². The highest BCUT2D eigenvalue weighted by Crippen LogP contribution is 2.49. The second kappa shape index (κ2) is 20.6. The fourth-order valence-electron chi connectivity index (χ4n) is 11.5. The van der Waals surface area contributed by atoms with E-state index in [1.54, 1.807) is 6.07 Å². The summed E-state index contributed by atoms with van der Waals surface area (Å²) in [5, 5.41) is 23.5. The Morgan fingerprint density at radius 2 is 0.662 bits per heavy atom. The van der Waals surface area contributed by atoms with Crippen LogP contribution in [-0.4, -0.2) is 26.3 Å². The van der Waals surface area contributed by atoms with Gasteiger partial charge >= 0.3 is 7.12 Å². The van der Waals surface area contributed by atoms with Crippen LogP contribution >= 0.6 is 15.9 Å². The predicted molar refractivity (Wildman–Crippen MR) is 333 cm³/mol. The topological polar surface area (TPSA) is 68.8 Å². The van der Waals surface area contributed by atoms with Crippen LogP contribution in [0.3, 0.4) is 0 Å². The quantitative estimate of drug-likeness (QED) is 0.172. The highest BCUT2D eigenvalue weighted by atomic mass is 79.9. The Hall–Kier alpha value is -9.70. The summed E-state index contributed by atoms with van der Waals surface area (Å²) >= 11 is 3.55. The molecule has 0 atom stereocenters. The van der Waals surface area contributed by atoms with E-state index in [1.807, 2.05) is 84.9 Å². The highest BCUT2D eigenvalue weighted by Gasteiger charge is 2.23. The molecule has 0 amide bonds. The third-order valence-electron chi connectivity index (χ3n) is 15.2. The molecule has 4 heterocycles. The minimum atomic E-state index is -1.46. The van der Waals surface area contributed by atoms with Crippen molar-refractivity contribution in [2.75, 3.05) is 0 Å². The monoisotopic (exact) mass is 1090 g/mol. The zero-order valence-corrected chi connectivity index (χ0v) is 44.7. The van der Waals surface area contributed by atoms with E-state index in [0.717, 1.165) is 77.2 Å². The molecule has 6 nitrogen and oxygen atoms in total. The summed E-state index contributed by atoms with van der Waals surface area (Å²) in [6.07, 6.45) is 0. The first-order valence-electron chi connectivity index (χ1n) is 26.6.